The summed E-state index contributed by atoms with van der Waals surface area (Å²) in [7, 11) is 1.55. The first kappa shape index (κ1) is 12.7. The van der Waals surface area contributed by atoms with Gasteiger partial charge in [0.1, 0.15) is 5.82 Å². The summed E-state index contributed by atoms with van der Waals surface area (Å²) < 4.78 is 6.50. The molecular formula is C10H17N3O3. The minimum atomic E-state index is -0.349. The van der Waals surface area contributed by atoms with Crippen LogP contribution in [0.3, 0.4) is 0 Å². The Hall–Kier alpha value is -1.40. The van der Waals surface area contributed by atoms with Crippen LogP contribution in [0.4, 0.5) is 5.82 Å². The van der Waals surface area contributed by atoms with Gasteiger partial charge < -0.3 is 15.6 Å². The van der Waals surface area contributed by atoms with Gasteiger partial charge in [-0.05, 0) is 18.9 Å². The van der Waals surface area contributed by atoms with Crippen LogP contribution in [0.15, 0.2) is 17.1 Å². The minimum Gasteiger partial charge on any atom is -0.394 e. The highest BCUT2D eigenvalue weighted by atomic mass is 16.5. The van der Waals surface area contributed by atoms with Gasteiger partial charge in [-0.2, -0.15) is 4.98 Å². The molecule has 6 nitrogen and oxygen atoms in total. The largest absolute Gasteiger partial charge is 0.394 e. The lowest BCUT2D eigenvalue weighted by molar-refractivity contribution is 0.0411. The van der Waals surface area contributed by atoms with E-state index in [1.807, 2.05) is 0 Å². The Morgan fingerprint density at radius 2 is 2.44 bits per heavy atom. The van der Waals surface area contributed by atoms with Crippen LogP contribution in [0.1, 0.15) is 12.8 Å². The van der Waals surface area contributed by atoms with Crippen LogP contribution in [0.5, 0.6) is 0 Å². The van der Waals surface area contributed by atoms with E-state index in [-0.39, 0.29) is 24.2 Å². The van der Waals surface area contributed by atoms with Crippen molar-refractivity contribution in [3.8, 4) is 0 Å². The van der Waals surface area contributed by atoms with E-state index in [2.05, 4.69) is 4.98 Å². The number of aryl methyl sites for hydroxylation is 1. The molecule has 0 spiro atoms. The van der Waals surface area contributed by atoms with Gasteiger partial charge in [0.15, 0.2) is 0 Å². The third-order valence-corrected chi connectivity index (χ3v) is 2.36. The smallest absolute Gasteiger partial charge is 0.349 e. The van der Waals surface area contributed by atoms with E-state index < -0.39 is 0 Å². The summed E-state index contributed by atoms with van der Waals surface area (Å²) >= 11 is 0. The summed E-state index contributed by atoms with van der Waals surface area (Å²) in [6.07, 6.45) is 2.89. The van der Waals surface area contributed by atoms with Crippen molar-refractivity contribution in [2.45, 2.75) is 25.5 Å². The van der Waals surface area contributed by atoms with Gasteiger partial charge in [-0.15, -0.1) is 0 Å². The molecule has 0 radical (unpaired) electrons. The van der Waals surface area contributed by atoms with E-state index in [1.54, 1.807) is 19.4 Å². The zero-order valence-electron chi connectivity index (χ0n) is 9.30. The zero-order valence-corrected chi connectivity index (χ0v) is 9.30. The molecule has 3 N–H and O–H groups in total. The second-order valence-corrected chi connectivity index (χ2v) is 3.51. The molecule has 1 rings (SSSR count). The number of rotatable bonds is 6. The third kappa shape index (κ3) is 3.63. The molecule has 0 aliphatic rings. The first-order valence-corrected chi connectivity index (χ1v) is 5.14. The molecule has 1 aromatic rings. The first-order valence-electron chi connectivity index (χ1n) is 5.14. The molecule has 0 saturated carbocycles. The summed E-state index contributed by atoms with van der Waals surface area (Å²) in [6.45, 7) is 0.539. The van der Waals surface area contributed by atoms with E-state index in [0.717, 1.165) is 6.42 Å². The van der Waals surface area contributed by atoms with E-state index in [9.17, 15) is 4.79 Å². The Bertz CT molecular complexity index is 374. The Labute approximate surface area is 93.7 Å². The molecule has 0 aromatic carbocycles. The van der Waals surface area contributed by atoms with Crippen molar-refractivity contribution >= 4 is 5.82 Å². The van der Waals surface area contributed by atoms with Crippen molar-refractivity contribution in [1.82, 2.24) is 9.55 Å². The quantitative estimate of drug-likeness (QED) is 0.691. The van der Waals surface area contributed by atoms with Crippen LogP contribution in [-0.2, 0) is 11.3 Å². The molecule has 1 atom stereocenters. The van der Waals surface area contributed by atoms with Gasteiger partial charge in [0.2, 0.25) is 0 Å². The van der Waals surface area contributed by atoms with Crippen molar-refractivity contribution < 1.29 is 9.84 Å². The van der Waals surface area contributed by atoms with Gasteiger partial charge in [-0.25, -0.2) is 4.79 Å². The number of methoxy groups -OCH3 is 1. The monoisotopic (exact) mass is 227 g/mol. The van der Waals surface area contributed by atoms with Crippen molar-refractivity contribution in [3.05, 3.63) is 22.7 Å². The summed E-state index contributed by atoms with van der Waals surface area (Å²) in [4.78, 5) is 15.0. The lowest BCUT2D eigenvalue weighted by atomic mass is 10.2. The van der Waals surface area contributed by atoms with E-state index in [0.29, 0.717) is 13.0 Å². The van der Waals surface area contributed by atoms with E-state index in [4.69, 9.17) is 15.6 Å². The number of hydrogen-bond acceptors (Lipinski definition) is 5. The Morgan fingerprint density at radius 1 is 1.69 bits per heavy atom. The molecule has 0 fully saturated rings. The van der Waals surface area contributed by atoms with Crippen molar-refractivity contribution in [3.63, 3.8) is 0 Å². The summed E-state index contributed by atoms with van der Waals surface area (Å²) in [6, 6.07) is 1.58. The van der Waals surface area contributed by atoms with Crippen LogP contribution in [0.25, 0.3) is 0 Å². The molecular weight excluding hydrogens is 210 g/mol. The summed E-state index contributed by atoms with van der Waals surface area (Å²) in [5.74, 6) is 0.228. The predicted molar refractivity (Wildman–Crippen MR) is 60.0 cm³/mol. The number of aromatic nitrogens is 2. The minimum absolute atomic E-state index is 0.00854. The fourth-order valence-corrected chi connectivity index (χ4v) is 1.39. The van der Waals surface area contributed by atoms with Crippen LogP contribution >= 0.6 is 0 Å². The Kier molecular flexibility index (Phi) is 4.94. The Morgan fingerprint density at radius 3 is 3.00 bits per heavy atom. The highest BCUT2D eigenvalue weighted by molar-refractivity contribution is 5.23. The average Bonchev–Trinajstić information content (AvgIpc) is 2.27. The number of nitrogens with zero attached hydrogens (tertiary/aromatic N) is 2. The lowest BCUT2D eigenvalue weighted by Crippen LogP contribution is -2.24. The number of ether oxygens (including phenoxy) is 1. The van der Waals surface area contributed by atoms with Crippen LogP contribution in [0.2, 0.25) is 0 Å². The Balaban J connectivity index is 2.46. The standard InChI is InChI=1S/C10H17N3O3/c1-16-8(7-14)3-2-5-13-6-4-9(11)12-10(13)15/h4,6,8,14H,2-3,5,7H2,1H3,(H2,11,12,15)/t8-/m0/s1. The van der Waals surface area contributed by atoms with Crippen LogP contribution in [0, 0.1) is 0 Å². The van der Waals surface area contributed by atoms with Gasteiger partial charge in [0, 0.05) is 19.9 Å². The van der Waals surface area contributed by atoms with Crippen molar-refractivity contribution in [2.24, 2.45) is 0 Å². The molecule has 90 valence electrons. The molecule has 0 unspecified atom stereocenters. The van der Waals surface area contributed by atoms with Gasteiger partial charge in [-0.1, -0.05) is 0 Å². The number of anilines is 1. The number of aliphatic hydroxyl groups excluding tert-OH is 1. The first-order chi connectivity index (χ1) is 7.67. The lowest BCUT2D eigenvalue weighted by Gasteiger charge is -2.12. The predicted octanol–water partition coefficient (Wildman–Crippen LogP) is -0.387. The van der Waals surface area contributed by atoms with Crippen molar-refractivity contribution in [1.29, 1.82) is 0 Å². The maximum Gasteiger partial charge on any atom is 0.349 e. The fourth-order valence-electron chi connectivity index (χ4n) is 1.39. The van der Waals surface area contributed by atoms with Gasteiger partial charge in [-0.3, -0.25) is 4.57 Å². The second-order valence-electron chi connectivity index (χ2n) is 3.51. The molecule has 16 heavy (non-hydrogen) atoms. The van der Waals surface area contributed by atoms with Crippen molar-refractivity contribution in [2.75, 3.05) is 19.5 Å². The second kappa shape index (κ2) is 6.24. The SMILES string of the molecule is CO[C@H](CO)CCCn1ccc(N)nc1=O. The highest BCUT2D eigenvalue weighted by Crippen LogP contribution is 2.02. The number of hydrogen-bond donors (Lipinski definition) is 2. The van der Waals surface area contributed by atoms with Crippen LogP contribution < -0.4 is 11.4 Å². The fraction of sp³-hybridized carbons (Fsp3) is 0.600. The van der Waals surface area contributed by atoms with E-state index in [1.165, 1.54) is 4.57 Å². The molecule has 1 heterocycles. The molecule has 0 aliphatic carbocycles. The maximum atomic E-state index is 11.3. The highest BCUT2D eigenvalue weighted by Gasteiger charge is 2.05. The summed E-state index contributed by atoms with van der Waals surface area (Å²) in [5.41, 5.74) is 5.02. The molecule has 0 bridgehead atoms. The molecule has 1 aromatic heterocycles. The molecule has 6 heteroatoms. The van der Waals surface area contributed by atoms with Crippen LogP contribution in [-0.4, -0.2) is 34.5 Å². The topological polar surface area (TPSA) is 90.4 Å². The van der Waals surface area contributed by atoms with Gasteiger partial charge in [0.05, 0.1) is 12.7 Å². The zero-order chi connectivity index (χ0) is 12.0. The average molecular weight is 227 g/mol. The molecule has 0 amide bonds. The number of nitrogens with two attached hydrogens (primary N) is 1. The summed E-state index contributed by atoms with van der Waals surface area (Å²) in [5, 5.41) is 8.89. The number of aliphatic hydroxyl groups is 1. The molecule has 0 saturated heterocycles. The van der Waals surface area contributed by atoms with E-state index >= 15 is 0 Å². The van der Waals surface area contributed by atoms with Gasteiger partial charge >= 0.3 is 5.69 Å². The number of nitrogen functional groups attached to an aromatic ring is 1. The molecule has 0 aliphatic heterocycles. The maximum absolute atomic E-state index is 11.3. The van der Waals surface area contributed by atoms with Gasteiger partial charge in [0.25, 0.3) is 0 Å². The third-order valence-electron chi connectivity index (χ3n) is 2.36. The normalized spacial score (nSPS) is 12.6.